The Hall–Kier alpha value is -1.55. The van der Waals surface area contributed by atoms with Gasteiger partial charge in [-0.2, -0.15) is 0 Å². The Morgan fingerprint density at radius 3 is 2.63 bits per heavy atom. The van der Waals surface area contributed by atoms with Crippen molar-refractivity contribution >= 4 is 11.6 Å². The first kappa shape index (κ1) is 13.9. The lowest BCUT2D eigenvalue weighted by Crippen LogP contribution is -2.38. The van der Waals surface area contributed by atoms with Gasteiger partial charge in [-0.25, -0.2) is 0 Å². The van der Waals surface area contributed by atoms with Gasteiger partial charge in [0.15, 0.2) is 0 Å². The number of benzene rings is 1. The second-order valence-electron chi connectivity index (χ2n) is 5.08. The number of anilines is 1. The molecule has 0 atom stereocenters. The van der Waals surface area contributed by atoms with Gasteiger partial charge in [0.25, 0.3) is 0 Å². The summed E-state index contributed by atoms with van der Waals surface area (Å²) in [6, 6.07) is 9.83. The first-order valence-corrected chi connectivity index (χ1v) is 7.01. The number of hydrogen-bond donors (Lipinski definition) is 1. The second-order valence-corrected chi connectivity index (χ2v) is 5.08. The summed E-state index contributed by atoms with van der Waals surface area (Å²) in [6.45, 7) is 4.54. The molecule has 1 heterocycles. The van der Waals surface area contributed by atoms with Crippen molar-refractivity contribution < 1.29 is 4.79 Å². The van der Waals surface area contributed by atoms with E-state index < -0.39 is 0 Å². The predicted octanol–water partition coefficient (Wildman–Crippen LogP) is 1.65. The maximum Gasteiger partial charge on any atom is 0.241 e. The predicted molar refractivity (Wildman–Crippen MR) is 78.2 cm³/mol. The molecule has 1 aliphatic rings. The lowest BCUT2D eigenvalue weighted by molar-refractivity contribution is -0.128. The van der Waals surface area contributed by atoms with Crippen molar-refractivity contribution in [2.45, 2.75) is 12.8 Å². The molecular formula is C15H23N3O. The molecule has 4 heteroatoms. The van der Waals surface area contributed by atoms with Gasteiger partial charge in [0.1, 0.15) is 0 Å². The van der Waals surface area contributed by atoms with Crippen LogP contribution in [0.1, 0.15) is 12.8 Å². The SMILES string of the molecule is CN(CCN1CCCC1)C(=O)CNc1ccccc1. The Kier molecular flexibility index (Phi) is 5.21. The summed E-state index contributed by atoms with van der Waals surface area (Å²) in [5, 5.41) is 3.15. The van der Waals surface area contributed by atoms with Crippen molar-refractivity contribution in [3.63, 3.8) is 0 Å². The zero-order valence-electron chi connectivity index (χ0n) is 11.6. The highest BCUT2D eigenvalue weighted by molar-refractivity contribution is 5.80. The van der Waals surface area contributed by atoms with Gasteiger partial charge in [0.2, 0.25) is 5.91 Å². The number of likely N-dealkylation sites (tertiary alicyclic amines) is 1. The van der Waals surface area contributed by atoms with Gasteiger partial charge in [-0.3, -0.25) is 4.79 Å². The van der Waals surface area contributed by atoms with Gasteiger partial charge in [0, 0.05) is 25.8 Å². The third kappa shape index (κ3) is 4.56. The molecule has 0 aliphatic carbocycles. The Bertz CT molecular complexity index is 388. The third-order valence-corrected chi connectivity index (χ3v) is 3.59. The Morgan fingerprint density at radius 1 is 1.26 bits per heavy atom. The molecule has 1 aromatic rings. The van der Waals surface area contributed by atoms with Gasteiger partial charge >= 0.3 is 0 Å². The fourth-order valence-corrected chi connectivity index (χ4v) is 2.29. The molecule has 0 saturated carbocycles. The smallest absolute Gasteiger partial charge is 0.241 e. The van der Waals surface area contributed by atoms with Crippen LogP contribution in [0.15, 0.2) is 30.3 Å². The minimum Gasteiger partial charge on any atom is -0.376 e. The lowest BCUT2D eigenvalue weighted by atomic mass is 10.3. The van der Waals surface area contributed by atoms with E-state index >= 15 is 0 Å². The Labute approximate surface area is 115 Å². The van der Waals surface area contributed by atoms with Gasteiger partial charge in [-0.1, -0.05) is 18.2 Å². The van der Waals surface area contributed by atoms with Gasteiger partial charge in [-0.05, 0) is 38.1 Å². The van der Waals surface area contributed by atoms with Crippen LogP contribution in [-0.2, 0) is 4.79 Å². The van der Waals surface area contributed by atoms with Crippen LogP contribution in [0.4, 0.5) is 5.69 Å². The highest BCUT2D eigenvalue weighted by atomic mass is 16.2. The van der Waals surface area contributed by atoms with E-state index in [1.165, 1.54) is 25.9 Å². The van der Waals surface area contributed by atoms with E-state index in [0.717, 1.165) is 18.8 Å². The number of carbonyl (C=O) groups is 1. The average Bonchev–Trinajstić information content (AvgIpc) is 2.96. The van der Waals surface area contributed by atoms with E-state index in [1.54, 1.807) is 0 Å². The quantitative estimate of drug-likeness (QED) is 0.846. The molecule has 1 N–H and O–H groups in total. The van der Waals surface area contributed by atoms with Crippen LogP contribution in [0.5, 0.6) is 0 Å². The highest BCUT2D eigenvalue weighted by Gasteiger charge is 2.14. The summed E-state index contributed by atoms with van der Waals surface area (Å²) in [5.41, 5.74) is 0.990. The van der Waals surface area contributed by atoms with Crippen molar-refractivity contribution in [3.8, 4) is 0 Å². The minimum absolute atomic E-state index is 0.142. The van der Waals surface area contributed by atoms with Crippen LogP contribution in [0.25, 0.3) is 0 Å². The maximum absolute atomic E-state index is 12.0. The lowest BCUT2D eigenvalue weighted by Gasteiger charge is -2.21. The summed E-state index contributed by atoms with van der Waals surface area (Å²) in [4.78, 5) is 16.2. The largest absolute Gasteiger partial charge is 0.376 e. The van der Waals surface area contributed by atoms with Crippen LogP contribution in [0.2, 0.25) is 0 Å². The minimum atomic E-state index is 0.142. The third-order valence-electron chi connectivity index (χ3n) is 3.59. The molecule has 1 amide bonds. The highest BCUT2D eigenvalue weighted by Crippen LogP contribution is 2.07. The molecule has 0 spiro atoms. The van der Waals surface area contributed by atoms with E-state index in [2.05, 4.69) is 10.2 Å². The fourth-order valence-electron chi connectivity index (χ4n) is 2.29. The number of carbonyl (C=O) groups excluding carboxylic acids is 1. The average molecular weight is 261 g/mol. The number of hydrogen-bond acceptors (Lipinski definition) is 3. The first-order chi connectivity index (χ1) is 9.25. The fraction of sp³-hybridized carbons (Fsp3) is 0.533. The number of nitrogens with zero attached hydrogens (tertiary/aromatic N) is 2. The number of likely N-dealkylation sites (N-methyl/N-ethyl adjacent to an activating group) is 1. The molecule has 0 aromatic heterocycles. The molecule has 2 rings (SSSR count). The van der Waals surface area contributed by atoms with E-state index in [-0.39, 0.29) is 5.91 Å². The zero-order chi connectivity index (χ0) is 13.5. The number of amides is 1. The van der Waals surface area contributed by atoms with Crippen LogP contribution in [0.3, 0.4) is 0 Å². The van der Waals surface area contributed by atoms with Crippen LogP contribution < -0.4 is 5.32 Å². The van der Waals surface area contributed by atoms with Crippen molar-refractivity contribution in [3.05, 3.63) is 30.3 Å². The first-order valence-electron chi connectivity index (χ1n) is 7.01. The van der Waals surface area contributed by atoms with Crippen LogP contribution >= 0.6 is 0 Å². The van der Waals surface area contributed by atoms with Crippen LogP contribution in [-0.4, -0.2) is 55.5 Å². The van der Waals surface area contributed by atoms with Gasteiger partial charge in [-0.15, -0.1) is 0 Å². The molecule has 1 fully saturated rings. The van der Waals surface area contributed by atoms with Gasteiger partial charge in [0.05, 0.1) is 6.54 Å². The summed E-state index contributed by atoms with van der Waals surface area (Å²) < 4.78 is 0. The van der Waals surface area contributed by atoms with E-state index in [9.17, 15) is 4.79 Å². The van der Waals surface area contributed by atoms with Crippen molar-refractivity contribution in [2.75, 3.05) is 45.1 Å². The Balaban J connectivity index is 1.67. The van der Waals surface area contributed by atoms with Crippen molar-refractivity contribution in [1.82, 2.24) is 9.80 Å². The molecule has 19 heavy (non-hydrogen) atoms. The van der Waals surface area contributed by atoms with E-state index in [1.807, 2.05) is 42.3 Å². The molecule has 0 unspecified atom stereocenters. The zero-order valence-corrected chi connectivity index (χ0v) is 11.6. The number of para-hydroxylation sites is 1. The maximum atomic E-state index is 12.0. The number of rotatable bonds is 6. The van der Waals surface area contributed by atoms with Gasteiger partial charge < -0.3 is 15.1 Å². The molecule has 1 saturated heterocycles. The van der Waals surface area contributed by atoms with E-state index in [0.29, 0.717) is 6.54 Å². The molecule has 0 radical (unpaired) electrons. The topological polar surface area (TPSA) is 35.6 Å². The molecule has 4 nitrogen and oxygen atoms in total. The number of nitrogens with one attached hydrogen (secondary N) is 1. The summed E-state index contributed by atoms with van der Waals surface area (Å²) in [7, 11) is 1.88. The van der Waals surface area contributed by atoms with Crippen molar-refractivity contribution in [2.24, 2.45) is 0 Å². The van der Waals surface area contributed by atoms with E-state index in [4.69, 9.17) is 0 Å². The monoisotopic (exact) mass is 261 g/mol. The standard InChI is InChI=1S/C15H23N3O/c1-17(11-12-18-9-5-6-10-18)15(19)13-16-14-7-3-2-4-8-14/h2-4,7-8,16H,5-6,9-13H2,1H3. The van der Waals surface area contributed by atoms with Crippen LogP contribution in [0, 0.1) is 0 Å². The molecule has 0 bridgehead atoms. The van der Waals surface area contributed by atoms with Crippen molar-refractivity contribution in [1.29, 1.82) is 0 Å². The summed E-state index contributed by atoms with van der Waals surface area (Å²) >= 11 is 0. The second kappa shape index (κ2) is 7.14. The molecule has 104 valence electrons. The molecular weight excluding hydrogens is 238 g/mol. The molecule has 1 aromatic carbocycles. The normalized spacial score (nSPS) is 15.4. The summed E-state index contributed by atoms with van der Waals surface area (Å²) in [5.74, 6) is 0.142. The summed E-state index contributed by atoms with van der Waals surface area (Å²) in [6.07, 6.45) is 2.60. The Morgan fingerprint density at radius 2 is 1.95 bits per heavy atom. The molecule has 1 aliphatic heterocycles.